The van der Waals surface area contributed by atoms with Gasteiger partial charge in [-0.2, -0.15) is 0 Å². The van der Waals surface area contributed by atoms with Gasteiger partial charge in [0.2, 0.25) is 0 Å². The monoisotopic (exact) mass is 194 g/mol. The van der Waals surface area contributed by atoms with Crippen molar-refractivity contribution < 1.29 is 0 Å². The number of aryl methyl sites for hydroxylation is 1. The van der Waals surface area contributed by atoms with E-state index >= 15 is 0 Å². The molecular weight excluding hydrogens is 176 g/mol. The quantitative estimate of drug-likeness (QED) is 0.765. The molecule has 0 saturated heterocycles. The third kappa shape index (κ3) is 1.43. The molecule has 1 N–H and O–H groups in total. The van der Waals surface area contributed by atoms with Crippen molar-refractivity contribution in [3.63, 3.8) is 0 Å². The van der Waals surface area contributed by atoms with Gasteiger partial charge >= 0.3 is 0 Å². The molecule has 0 saturated carbocycles. The van der Waals surface area contributed by atoms with E-state index in [2.05, 4.69) is 33.9 Å². The third-order valence-corrected chi connectivity index (χ3v) is 3.04. The van der Waals surface area contributed by atoms with Crippen LogP contribution in [0.4, 0.5) is 0 Å². The van der Waals surface area contributed by atoms with E-state index in [1.165, 1.54) is 12.8 Å². The summed E-state index contributed by atoms with van der Waals surface area (Å²) >= 11 is 0. The third-order valence-electron chi connectivity index (χ3n) is 3.04. The highest BCUT2D eigenvalue weighted by atomic mass is 15.3. The highest BCUT2D eigenvalue weighted by molar-refractivity contribution is 5.07. The standard InChI is InChI=1S/C10H18N4/c1-10(2,11-3)9-13-12-8-6-4-5-7-14(8)9/h11H,4-7H2,1-3H3. The topological polar surface area (TPSA) is 42.7 Å². The molecule has 0 unspecified atom stereocenters. The number of nitrogens with zero attached hydrogens (tertiary/aromatic N) is 3. The molecule has 2 heterocycles. The second-order valence-corrected chi connectivity index (χ2v) is 4.42. The van der Waals surface area contributed by atoms with Crippen LogP contribution in [0.2, 0.25) is 0 Å². The highest BCUT2D eigenvalue weighted by Crippen LogP contribution is 2.22. The molecule has 14 heavy (non-hydrogen) atoms. The minimum atomic E-state index is -0.0808. The Labute approximate surface area is 84.7 Å². The molecule has 0 amide bonds. The normalized spacial score (nSPS) is 16.8. The average molecular weight is 194 g/mol. The molecule has 2 rings (SSSR count). The summed E-state index contributed by atoms with van der Waals surface area (Å²) in [6.45, 7) is 5.35. The maximum Gasteiger partial charge on any atom is 0.152 e. The Morgan fingerprint density at radius 1 is 1.29 bits per heavy atom. The Balaban J connectivity index is 2.39. The molecule has 0 bridgehead atoms. The predicted octanol–water partition coefficient (Wildman–Crippen LogP) is 1.07. The summed E-state index contributed by atoms with van der Waals surface area (Å²) in [5.41, 5.74) is -0.0808. The summed E-state index contributed by atoms with van der Waals surface area (Å²) in [5, 5.41) is 11.8. The Morgan fingerprint density at radius 3 is 2.79 bits per heavy atom. The van der Waals surface area contributed by atoms with Crippen molar-refractivity contribution in [1.82, 2.24) is 20.1 Å². The van der Waals surface area contributed by atoms with Crippen molar-refractivity contribution in [2.45, 2.75) is 45.2 Å². The molecule has 4 heteroatoms. The van der Waals surface area contributed by atoms with Gasteiger partial charge in [0.05, 0.1) is 5.54 Å². The van der Waals surface area contributed by atoms with E-state index < -0.39 is 0 Å². The van der Waals surface area contributed by atoms with Crippen molar-refractivity contribution in [3.05, 3.63) is 11.6 Å². The summed E-state index contributed by atoms with van der Waals surface area (Å²) in [6, 6.07) is 0. The first-order chi connectivity index (χ1) is 6.65. The van der Waals surface area contributed by atoms with E-state index in [0.29, 0.717) is 0 Å². The number of fused-ring (bicyclic) bond motifs is 1. The zero-order chi connectivity index (χ0) is 10.2. The SMILES string of the molecule is CNC(C)(C)c1nnc2n1CCCC2. The number of aromatic nitrogens is 3. The van der Waals surface area contributed by atoms with Crippen LogP contribution in [0, 0.1) is 0 Å². The van der Waals surface area contributed by atoms with E-state index in [1.807, 2.05) is 7.05 Å². The lowest BCUT2D eigenvalue weighted by Crippen LogP contribution is -2.37. The van der Waals surface area contributed by atoms with Gasteiger partial charge in [0.25, 0.3) is 0 Å². The van der Waals surface area contributed by atoms with E-state index in [4.69, 9.17) is 0 Å². The van der Waals surface area contributed by atoms with Gasteiger partial charge in [0.1, 0.15) is 5.82 Å². The molecule has 1 aliphatic rings. The van der Waals surface area contributed by atoms with E-state index in [0.717, 1.165) is 24.6 Å². The molecule has 0 atom stereocenters. The van der Waals surface area contributed by atoms with Crippen LogP contribution in [-0.2, 0) is 18.5 Å². The van der Waals surface area contributed by atoms with Crippen LogP contribution >= 0.6 is 0 Å². The van der Waals surface area contributed by atoms with Gasteiger partial charge < -0.3 is 9.88 Å². The van der Waals surface area contributed by atoms with Gasteiger partial charge in [-0.05, 0) is 33.7 Å². The molecule has 1 aromatic rings. The lowest BCUT2D eigenvalue weighted by molar-refractivity contribution is 0.380. The van der Waals surface area contributed by atoms with Crippen LogP contribution in [0.1, 0.15) is 38.3 Å². The fourth-order valence-electron chi connectivity index (χ4n) is 1.88. The molecule has 78 valence electrons. The molecule has 1 aliphatic heterocycles. The molecular formula is C10H18N4. The second kappa shape index (κ2) is 3.35. The van der Waals surface area contributed by atoms with Gasteiger partial charge in [-0.15, -0.1) is 10.2 Å². The molecule has 0 aromatic carbocycles. The Morgan fingerprint density at radius 2 is 2.07 bits per heavy atom. The summed E-state index contributed by atoms with van der Waals surface area (Å²) in [4.78, 5) is 0. The van der Waals surface area contributed by atoms with E-state index in [9.17, 15) is 0 Å². The van der Waals surface area contributed by atoms with Gasteiger partial charge in [0, 0.05) is 13.0 Å². The van der Waals surface area contributed by atoms with Gasteiger partial charge in [-0.25, -0.2) is 0 Å². The first kappa shape index (κ1) is 9.65. The Hall–Kier alpha value is -0.900. The van der Waals surface area contributed by atoms with Crippen molar-refractivity contribution >= 4 is 0 Å². The predicted molar refractivity (Wildman–Crippen MR) is 55.0 cm³/mol. The summed E-state index contributed by atoms with van der Waals surface area (Å²) < 4.78 is 2.26. The fraction of sp³-hybridized carbons (Fsp3) is 0.800. The Kier molecular flexibility index (Phi) is 2.31. The minimum Gasteiger partial charge on any atom is -0.313 e. The lowest BCUT2D eigenvalue weighted by Gasteiger charge is -2.25. The van der Waals surface area contributed by atoms with Crippen molar-refractivity contribution in [3.8, 4) is 0 Å². The van der Waals surface area contributed by atoms with Crippen LogP contribution in [-0.4, -0.2) is 21.8 Å². The zero-order valence-electron chi connectivity index (χ0n) is 9.17. The summed E-state index contributed by atoms with van der Waals surface area (Å²) in [7, 11) is 1.96. The Bertz CT molecular complexity index is 327. The maximum absolute atomic E-state index is 4.29. The molecule has 0 aliphatic carbocycles. The number of rotatable bonds is 2. The molecule has 4 nitrogen and oxygen atoms in total. The number of hydrogen-bond donors (Lipinski definition) is 1. The summed E-state index contributed by atoms with van der Waals surface area (Å²) in [6.07, 6.45) is 3.57. The molecule has 0 fully saturated rings. The van der Waals surface area contributed by atoms with Crippen molar-refractivity contribution in [1.29, 1.82) is 0 Å². The molecule has 0 radical (unpaired) electrons. The van der Waals surface area contributed by atoms with Crippen LogP contribution in [0.15, 0.2) is 0 Å². The summed E-state index contributed by atoms with van der Waals surface area (Å²) in [5.74, 6) is 2.21. The highest BCUT2D eigenvalue weighted by Gasteiger charge is 2.27. The molecule has 1 aromatic heterocycles. The number of nitrogens with one attached hydrogen (secondary N) is 1. The van der Waals surface area contributed by atoms with Crippen LogP contribution < -0.4 is 5.32 Å². The maximum atomic E-state index is 4.29. The fourth-order valence-corrected chi connectivity index (χ4v) is 1.88. The van der Waals surface area contributed by atoms with Gasteiger partial charge in [-0.3, -0.25) is 0 Å². The van der Waals surface area contributed by atoms with E-state index in [1.54, 1.807) is 0 Å². The minimum absolute atomic E-state index is 0.0808. The zero-order valence-corrected chi connectivity index (χ0v) is 9.17. The van der Waals surface area contributed by atoms with Crippen LogP contribution in [0.5, 0.6) is 0 Å². The van der Waals surface area contributed by atoms with Crippen LogP contribution in [0.25, 0.3) is 0 Å². The number of hydrogen-bond acceptors (Lipinski definition) is 3. The smallest absolute Gasteiger partial charge is 0.152 e. The van der Waals surface area contributed by atoms with Gasteiger partial charge in [-0.1, -0.05) is 0 Å². The van der Waals surface area contributed by atoms with Crippen molar-refractivity contribution in [2.24, 2.45) is 0 Å². The molecule has 0 spiro atoms. The largest absolute Gasteiger partial charge is 0.313 e. The lowest BCUT2D eigenvalue weighted by atomic mass is 10.0. The first-order valence-corrected chi connectivity index (χ1v) is 5.26. The second-order valence-electron chi connectivity index (χ2n) is 4.42. The van der Waals surface area contributed by atoms with Crippen LogP contribution in [0.3, 0.4) is 0 Å². The van der Waals surface area contributed by atoms with Crippen molar-refractivity contribution in [2.75, 3.05) is 7.05 Å². The first-order valence-electron chi connectivity index (χ1n) is 5.26. The van der Waals surface area contributed by atoms with E-state index in [-0.39, 0.29) is 5.54 Å². The average Bonchev–Trinajstić information content (AvgIpc) is 2.61. The van der Waals surface area contributed by atoms with Gasteiger partial charge in [0.15, 0.2) is 5.82 Å².